The fourth-order valence-electron chi connectivity index (χ4n) is 4.61. The molecule has 3 unspecified atom stereocenters. The number of allylic oxidation sites excluding steroid dienone is 2. The van der Waals surface area contributed by atoms with Crippen LogP contribution in [-0.2, 0) is 11.2 Å². The van der Waals surface area contributed by atoms with E-state index in [1.807, 2.05) is 6.92 Å². The van der Waals surface area contributed by atoms with Crippen LogP contribution in [0.25, 0.3) is 0 Å². The maximum Gasteiger partial charge on any atom is 0.125 e. The molecule has 1 N–H and O–H groups in total. The highest BCUT2D eigenvalue weighted by Crippen LogP contribution is 2.30. The van der Waals surface area contributed by atoms with Gasteiger partial charge in [-0.3, -0.25) is 0 Å². The van der Waals surface area contributed by atoms with Crippen LogP contribution in [0.5, 0.6) is 5.75 Å². The molecule has 0 aromatic heterocycles. The molecule has 0 fully saturated rings. The number of aryl methyl sites for hydroxylation is 2. The van der Waals surface area contributed by atoms with E-state index in [0.29, 0.717) is 12.3 Å². The van der Waals surface area contributed by atoms with Crippen LogP contribution in [0, 0.1) is 25.7 Å². The number of ether oxygens (including phenoxy) is 1. The number of aliphatic carboxylic acids is 1. The summed E-state index contributed by atoms with van der Waals surface area (Å²) in [6.45, 7) is 15.4. The SMILES string of the molecule is CCCCOc1c(CCC(C)CCCC(C)(O)CCC/C(C)=C/CCC(C)C(=O)[O-])ccc(C)c1C. The Hall–Kier alpha value is -1.81. The third kappa shape index (κ3) is 12.9. The second-order valence-electron chi connectivity index (χ2n) is 11.4. The minimum absolute atomic E-state index is 0.403. The van der Waals surface area contributed by atoms with E-state index >= 15 is 0 Å². The Kier molecular flexibility index (Phi) is 15.1. The van der Waals surface area contributed by atoms with Crippen LogP contribution in [0.2, 0.25) is 0 Å². The lowest BCUT2D eigenvalue weighted by Crippen LogP contribution is -2.29. The highest BCUT2D eigenvalue weighted by molar-refractivity contribution is 5.66. The van der Waals surface area contributed by atoms with Gasteiger partial charge in [0.15, 0.2) is 0 Å². The maximum atomic E-state index is 10.8. The van der Waals surface area contributed by atoms with Gasteiger partial charge in [0.25, 0.3) is 0 Å². The lowest BCUT2D eigenvalue weighted by molar-refractivity contribution is -0.311. The van der Waals surface area contributed by atoms with Gasteiger partial charge in [0.2, 0.25) is 0 Å². The monoisotopic (exact) mass is 501 g/mol. The Balaban J connectivity index is 2.38. The Bertz CT molecular complexity index is 809. The van der Waals surface area contributed by atoms with Crippen molar-refractivity contribution in [1.82, 2.24) is 0 Å². The van der Waals surface area contributed by atoms with E-state index < -0.39 is 17.5 Å². The van der Waals surface area contributed by atoms with E-state index in [0.717, 1.165) is 83.0 Å². The molecule has 0 bridgehead atoms. The average Bonchev–Trinajstić information content (AvgIpc) is 2.80. The molecule has 0 amide bonds. The quantitative estimate of drug-likeness (QED) is 0.160. The zero-order chi connectivity index (χ0) is 27.1. The van der Waals surface area contributed by atoms with Crippen LogP contribution in [0.1, 0.15) is 122 Å². The third-order valence-corrected chi connectivity index (χ3v) is 7.60. The Morgan fingerprint density at radius 2 is 1.81 bits per heavy atom. The van der Waals surface area contributed by atoms with Crippen molar-refractivity contribution in [2.45, 2.75) is 131 Å². The zero-order valence-corrected chi connectivity index (χ0v) is 24.3. The number of hydrogen-bond donors (Lipinski definition) is 1. The van der Waals surface area contributed by atoms with Crippen LogP contribution in [0.15, 0.2) is 23.8 Å². The number of rotatable bonds is 19. The van der Waals surface area contributed by atoms with Crippen molar-refractivity contribution in [2.24, 2.45) is 11.8 Å². The van der Waals surface area contributed by atoms with E-state index in [2.05, 4.69) is 52.8 Å². The predicted octanol–water partition coefficient (Wildman–Crippen LogP) is 7.26. The molecule has 0 aliphatic heterocycles. The maximum absolute atomic E-state index is 10.8. The first kappa shape index (κ1) is 32.2. The summed E-state index contributed by atoms with van der Waals surface area (Å²) in [6.07, 6.45) is 13.6. The Morgan fingerprint density at radius 3 is 2.47 bits per heavy atom. The van der Waals surface area contributed by atoms with Gasteiger partial charge < -0.3 is 19.7 Å². The van der Waals surface area contributed by atoms with E-state index in [4.69, 9.17) is 4.74 Å². The van der Waals surface area contributed by atoms with Gasteiger partial charge in [-0.15, -0.1) is 0 Å². The van der Waals surface area contributed by atoms with Crippen molar-refractivity contribution in [1.29, 1.82) is 0 Å². The summed E-state index contributed by atoms with van der Waals surface area (Å²) >= 11 is 0. The number of hydrogen-bond acceptors (Lipinski definition) is 4. The standard InChI is InChI=1S/C32H54O4/c1-8-9-23-36-30-28(6)26(4)18-20-29(30)19-17-25(3)15-12-22-32(7,35)21-11-14-24(2)13-10-16-27(5)31(33)34/h13,18,20,25,27,35H,8-12,14-17,19,21-23H2,1-7H3,(H,33,34)/p-1/b24-13+. The van der Waals surface area contributed by atoms with Crippen molar-refractivity contribution < 1.29 is 19.7 Å². The second kappa shape index (κ2) is 16.8. The first-order valence-electron chi connectivity index (χ1n) is 14.3. The van der Waals surface area contributed by atoms with Crippen LogP contribution in [0.4, 0.5) is 0 Å². The molecule has 0 radical (unpaired) electrons. The van der Waals surface area contributed by atoms with Gasteiger partial charge in [0.1, 0.15) is 5.75 Å². The fourth-order valence-corrected chi connectivity index (χ4v) is 4.61. The normalized spacial score (nSPS) is 15.4. The number of aliphatic hydroxyl groups is 1. The fraction of sp³-hybridized carbons (Fsp3) is 0.719. The summed E-state index contributed by atoms with van der Waals surface area (Å²) < 4.78 is 6.18. The van der Waals surface area contributed by atoms with E-state index in [9.17, 15) is 15.0 Å². The van der Waals surface area contributed by atoms with Crippen molar-refractivity contribution >= 4 is 5.97 Å². The molecule has 36 heavy (non-hydrogen) atoms. The van der Waals surface area contributed by atoms with Crippen molar-refractivity contribution in [2.75, 3.05) is 6.61 Å². The zero-order valence-electron chi connectivity index (χ0n) is 24.3. The molecule has 206 valence electrons. The molecule has 0 saturated heterocycles. The minimum Gasteiger partial charge on any atom is -0.550 e. The van der Waals surface area contributed by atoms with Gasteiger partial charge in [-0.25, -0.2) is 0 Å². The minimum atomic E-state index is -0.974. The van der Waals surface area contributed by atoms with Gasteiger partial charge >= 0.3 is 0 Å². The number of unbranched alkanes of at least 4 members (excludes halogenated alkanes) is 1. The first-order chi connectivity index (χ1) is 17.0. The largest absolute Gasteiger partial charge is 0.550 e. The van der Waals surface area contributed by atoms with Gasteiger partial charge in [0, 0.05) is 5.97 Å². The van der Waals surface area contributed by atoms with E-state index in [-0.39, 0.29) is 0 Å². The second-order valence-corrected chi connectivity index (χ2v) is 11.4. The van der Waals surface area contributed by atoms with E-state index in [1.165, 1.54) is 22.3 Å². The molecule has 0 aliphatic rings. The molecule has 1 aromatic rings. The number of carboxylic acids is 1. The molecule has 1 aromatic carbocycles. The molecule has 1 rings (SSSR count). The number of carboxylic acid groups (broad SMARTS) is 1. The molecule has 0 spiro atoms. The van der Waals surface area contributed by atoms with Gasteiger partial charge in [0.05, 0.1) is 12.2 Å². The molecule has 4 heteroatoms. The molecule has 3 atom stereocenters. The molecule has 4 nitrogen and oxygen atoms in total. The lowest BCUT2D eigenvalue weighted by Gasteiger charge is -2.24. The van der Waals surface area contributed by atoms with Crippen LogP contribution >= 0.6 is 0 Å². The Morgan fingerprint density at radius 1 is 1.11 bits per heavy atom. The summed E-state index contributed by atoms with van der Waals surface area (Å²) in [7, 11) is 0. The average molecular weight is 502 g/mol. The van der Waals surface area contributed by atoms with Crippen LogP contribution in [0.3, 0.4) is 0 Å². The van der Waals surface area contributed by atoms with Gasteiger partial charge in [-0.1, -0.05) is 63.8 Å². The van der Waals surface area contributed by atoms with Gasteiger partial charge in [-0.05, 0) is 114 Å². The topological polar surface area (TPSA) is 69.6 Å². The molecular weight excluding hydrogens is 448 g/mol. The summed E-state index contributed by atoms with van der Waals surface area (Å²) in [5.41, 5.74) is 4.53. The van der Waals surface area contributed by atoms with E-state index in [1.54, 1.807) is 6.92 Å². The van der Waals surface area contributed by atoms with Crippen molar-refractivity contribution in [3.8, 4) is 5.75 Å². The Labute approximate surface area is 221 Å². The van der Waals surface area contributed by atoms with Crippen LogP contribution < -0.4 is 9.84 Å². The molecule has 0 heterocycles. The number of benzene rings is 1. The summed E-state index contributed by atoms with van der Waals surface area (Å²) in [5, 5.41) is 21.6. The molecule has 0 saturated carbocycles. The highest BCUT2D eigenvalue weighted by atomic mass is 16.5. The van der Waals surface area contributed by atoms with Crippen molar-refractivity contribution in [3.63, 3.8) is 0 Å². The summed E-state index contributed by atoms with van der Waals surface area (Å²) in [4.78, 5) is 10.8. The highest BCUT2D eigenvalue weighted by Gasteiger charge is 2.20. The smallest absolute Gasteiger partial charge is 0.125 e. The van der Waals surface area contributed by atoms with Crippen molar-refractivity contribution in [3.05, 3.63) is 40.5 Å². The number of carbonyl (C=O) groups is 1. The number of carbonyl (C=O) groups excluding carboxylic acids is 1. The first-order valence-corrected chi connectivity index (χ1v) is 14.3. The predicted molar refractivity (Wildman–Crippen MR) is 149 cm³/mol. The lowest BCUT2D eigenvalue weighted by atomic mass is 9.88. The summed E-state index contributed by atoms with van der Waals surface area (Å²) in [5.74, 6) is 0.327. The van der Waals surface area contributed by atoms with Crippen LogP contribution in [-0.4, -0.2) is 23.3 Å². The molecule has 0 aliphatic carbocycles. The molecular formula is C32H53O4-. The third-order valence-electron chi connectivity index (χ3n) is 7.60. The van der Waals surface area contributed by atoms with Gasteiger partial charge in [-0.2, -0.15) is 0 Å². The summed E-state index contributed by atoms with van der Waals surface area (Å²) in [6, 6.07) is 4.45.